The SMILES string of the molecule is CC(F)C(F)F. The smallest absolute Gasteiger partial charge is 0.242 e. The predicted molar refractivity (Wildman–Crippen MR) is 16.6 cm³/mol. The zero-order valence-electron chi connectivity index (χ0n) is 3.29. The Morgan fingerprint density at radius 1 is 1.17 bits per heavy atom. The van der Waals surface area contributed by atoms with Crippen molar-refractivity contribution in [1.82, 2.24) is 0 Å². The fourth-order valence-corrected chi connectivity index (χ4v) is 0. The summed E-state index contributed by atoms with van der Waals surface area (Å²) in [5.74, 6) is 0. The van der Waals surface area contributed by atoms with E-state index in [-0.39, 0.29) is 0 Å². The molecule has 0 aromatic heterocycles. The third kappa shape index (κ3) is 2.05. The van der Waals surface area contributed by atoms with E-state index in [1.54, 1.807) is 0 Å². The summed E-state index contributed by atoms with van der Waals surface area (Å²) < 4.78 is 32.6. The van der Waals surface area contributed by atoms with E-state index in [0.717, 1.165) is 6.92 Å². The normalized spacial score (nSPS) is 15.5. The van der Waals surface area contributed by atoms with Crippen LogP contribution in [0.3, 0.4) is 0 Å². The van der Waals surface area contributed by atoms with Crippen LogP contribution in [0.2, 0.25) is 0 Å². The summed E-state index contributed by atoms with van der Waals surface area (Å²) in [6, 6.07) is 0. The average Bonchev–Trinajstić information content (AvgIpc) is 1.36. The van der Waals surface area contributed by atoms with Gasteiger partial charge in [0.25, 0.3) is 6.43 Å². The maximum Gasteiger partial charge on any atom is 0.269 e. The van der Waals surface area contributed by atoms with Gasteiger partial charge >= 0.3 is 0 Å². The standard InChI is InChI=1S/C3H5F3/c1-2(4)3(5)6/h2-3H,1H3. The molecule has 0 bridgehead atoms. The van der Waals surface area contributed by atoms with Gasteiger partial charge < -0.3 is 0 Å². The van der Waals surface area contributed by atoms with Crippen molar-refractivity contribution in [2.75, 3.05) is 0 Å². The number of alkyl halides is 3. The van der Waals surface area contributed by atoms with Gasteiger partial charge in [-0.15, -0.1) is 0 Å². The van der Waals surface area contributed by atoms with Crippen LogP contribution in [0.4, 0.5) is 13.2 Å². The van der Waals surface area contributed by atoms with Gasteiger partial charge in [0.05, 0.1) is 0 Å². The Bertz CT molecular complexity index is 27.0. The Hall–Kier alpha value is -0.210. The molecule has 6 heavy (non-hydrogen) atoms. The summed E-state index contributed by atoms with van der Waals surface area (Å²) in [5.41, 5.74) is 0. The third-order valence-corrected chi connectivity index (χ3v) is 0.347. The second-order valence-corrected chi connectivity index (χ2v) is 1.01. The van der Waals surface area contributed by atoms with E-state index >= 15 is 0 Å². The predicted octanol–water partition coefficient (Wildman–Crippen LogP) is 1.61. The zero-order valence-corrected chi connectivity index (χ0v) is 3.29. The van der Waals surface area contributed by atoms with Gasteiger partial charge in [0, 0.05) is 0 Å². The summed E-state index contributed by atoms with van der Waals surface area (Å²) in [6.07, 6.45) is -4.80. The van der Waals surface area contributed by atoms with Crippen LogP contribution >= 0.6 is 0 Å². The van der Waals surface area contributed by atoms with Gasteiger partial charge in [0.1, 0.15) is 0 Å². The maximum absolute atomic E-state index is 11.1. The molecule has 0 fully saturated rings. The van der Waals surface area contributed by atoms with E-state index in [1.807, 2.05) is 0 Å². The van der Waals surface area contributed by atoms with Gasteiger partial charge in [-0.2, -0.15) is 0 Å². The van der Waals surface area contributed by atoms with Crippen molar-refractivity contribution in [2.24, 2.45) is 0 Å². The first-order valence-corrected chi connectivity index (χ1v) is 1.57. The van der Waals surface area contributed by atoms with Crippen molar-refractivity contribution in [2.45, 2.75) is 19.5 Å². The van der Waals surface area contributed by atoms with Crippen molar-refractivity contribution in [3.63, 3.8) is 0 Å². The van der Waals surface area contributed by atoms with Gasteiger partial charge in [-0.3, -0.25) is 0 Å². The van der Waals surface area contributed by atoms with Gasteiger partial charge in [0.15, 0.2) is 6.17 Å². The minimum atomic E-state index is -2.81. The lowest BCUT2D eigenvalue weighted by molar-refractivity contribution is 0.0603. The molecule has 0 spiro atoms. The molecule has 0 aromatic rings. The number of hydrogen-bond donors (Lipinski definition) is 0. The third-order valence-electron chi connectivity index (χ3n) is 0.347. The molecule has 0 aliphatic heterocycles. The molecule has 1 atom stereocenters. The summed E-state index contributed by atoms with van der Waals surface area (Å²) in [7, 11) is 0. The molecule has 0 rings (SSSR count). The van der Waals surface area contributed by atoms with Crippen molar-refractivity contribution in [1.29, 1.82) is 0 Å². The minimum absolute atomic E-state index is 0.824. The molecule has 0 aliphatic rings. The van der Waals surface area contributed by atoms with E-state index in [2.05, 4.69) is 0 Å². The highest BCUT2D eigenvalue weighted by atomic mass is 19.3. The monoisotopic (exact) mass is 98.0 g/mol. The molecule has 0 nitrogen and oxygen atoms in total. The van der Waals surface area contributed by atoms with Crippen LogP contribution in [0.25, 0.3) is 0 Å². The van der Waals surface area contributed by atoms with Crippen LogP contribution in [0, 0.1) is 0 Å². The molecule has 0 aromatic carbocycles. The molecular formula is C3H5F3. The summed E-state index contributed by atoms with van der Waals surface area (Å²) in [5, 5.41) is 0. The molecule has 38 valence electrons. The highest BCUT2D eigenvalue weighted by molar-refractivity contribution is 4.45. The molecule has 3 heteroatoms. The molecule has 0 radical (unpaired) electrons. The molecule has 1 unspecified atom stereocenters. The minimum Gasteiger partial charge on any atom is -0.242 e. The molecule has 0 N–H and O–H groups in total. The van der Waals surface area contributed by atoms with Crippen molar-refractivity contribution >= 4 is 0 Å². The lowest BCUT2D eigenvalue weighted by Crippen LogP contribution is -2.04. The largest absolute Gasteiger partial charge is 0.269 e. The Morgan fingerprint density at radius 3 is 1.33 bits per heavy atom. The highest BCUT2D eigenvalue weighted by Gasteiger charge is 2.10. The van der Waals surface area contributed by atoms with Crippen LogP contribution in [-0.2, 0) is 0 Å². The Labute approximate surface area is 34.0 Å². The van der Waals surface area contributed by atoms with E-state index < -0.39 is 12.6 Å². The zero-order chi connectivity index (χ0) is 5.15. The van der Waals surface area contributed by atoms with Gasteiger partial charge in [-0.05, 0) is 6.92 Å². The molecule has 0 saturated carbocycles. The van der Waals surface area contributed by atoms with Crippen molar-refractivity contribution in [3.8, 4) is 0 Å². The van der Waals surface area contributed by atoms with Crippen LogP contribution in [0.1, 0.15) is 6.92 Å². The number of hydrogen-bond acceptors (Lipinski definition) is 0. The summed E-state index contributed by atoms with van der Waals surface area (Å²) in [4.78, 5) is 0. The highest BCUT2D eigenvalue weighted by Crippen LogP contribution is 2.01. The van der Waals surface area contributed by atoms with E-state index in [9.17, 15) is 13.2 Å². The average molecular weight is 98.1 g/mol. The summed E-state index contributed by atoms with van der Waals surface area (Å²) in [6.45, 7) is 0.824. The molecule has 0 amide bonds. The Morgan fingerprint density at radius 2 is 1.33 bits per heavy atom. The number of halogens is 3. The first kappa shape index (κ1) is 5.79. The first-order valence-electron chi connectivity index (χ1n) is 1.57. The van der Waals surface area contributed by atoms with Crippen LogP contribution in [0.5, 0.6) is 0 Å². The molecular weight excluding hydrogens is 93.0 g/mol. The lowest BCUT2D eigenvalue weighted by atomic mass is 10.5. The maximum atomic E-state index is 11.1. The van der Waals surface area contributed by atoms with Crippen molar-refractivity contribution in [3.05, 3.63) is 0 Å². The van der Waals surface area contributed by atoms with E-state index in [1.165, 1.54) is 0 Å². The quantitative estimate of drug-likeness (QED) is 0.467. The van der Waals surface area contributed by atoms with Crippen molar-refractivity contribution < 1.29 is 13.2 Å². The van der Waals surface area contributed by atoms with E-state index in [4.69, 9.17) is 0 Å². The Kier molecular flexibility index (Phi) is 1.98. The van der Waals surface area contributed by atoms with Crippen LogP contribution in [0.15, 0.2) is 0 Å². The number of rotatable bonds is 1. The lowest BCUT2D eigenvalue weighted by Gasteiger charge is -1.93. The second kappa shape index (κ2) is 2.05. The fraction of sp³-hybridized carbons (Fsp3) is 1.00. The summed E-state index contributed by atoms with van der Waals surface area (Å²) >= 11 is 0. The first-order chi connectivity index (χ1) is 2.64. The molecule has 0 aliphatic carbocycles. The van der Waals surface area contributed by atoms with Gasteiger partial charge in [-0.1, -0.05) is 0 Å². The van der Waals surface area contributed by atoms with E-state index in [0.29, 0.717) is 0 Å². The van der Waals surface area contributed by atoms with Crippen LogP contribution < -0.4 is 0 Å². The van der Waals surface area contributed by atoms with Gasteiger partial charge in [-0.25, -0.2) is 13.2 Å². The fourth-order valence-electron chi connectivity index (χ4n) is 0. The topological polar surface area (TPSA) is 0 Å². The van der Waals surface area contributed by atoms with Gasteiger partial charge in [0.2, 0.25) is 0 Å². The Balaban J connectivity index is 2.99. The molecule has 0 saturated heterocycles. The van der Waals surface area contributed by atoms with Crippen LogP contribution in [-0.4, -0.2) is 12.6 Å². The second-order valence-electron chi connectivity index (χ2n) is 1.01. The molecule has 0 heterocycles.